The van der Waals surface area contributed by atoms with Gasteiger partial charge < -0.3 is 10.4 Å². The van der Waals surface area contributed by atoms with E-state index in [9.17, 15) is 0 Å². The number of nitrogens with zero attached hydrogens (tertiary/aromatic N) is 1. The van der Waals surface area contributed by atoms with Gasteiger partial charge >= 0.3 is 0 Å². The van der Waals surface area contributed by atoms with Crippen molar-refractivity contribution in [3.05, 3.63) is 64.8 Å². The molecule has 0 spiro atoms. The maximum Gasteiger partial charge on any atom is 0.0744 e. The molecule has 0 radical (unpaired) electrons. The van der Waals surface area contributed by atoms with Crippen LogP contribution < -0.4 is 0 Å². The predicted octanol–water partition coefficient (Wildman–Crippen LogP) is 5.57. The van der Waals surface area contributed by atoms with Crippen molar-refractivity contribution in [3.63, 3.8) is 0 Å². The van der Waals surface area contributed by atoms with Crippen molar-refractivity contribution < 1.29 is 0 Å². The van der Waals surface area contributed by atoms with Gasteiger partial charge in [0.15, 0.2) is 0 Å². The van der Waals surface area contributed by atoms with E-state index in [0.29, 0.717) is 0 Å². The van der Waals surface area contributed by atoms with Gasteiger partial charge in [0.2, 0.25) is 0 Å². The maximum atomic E-state index is 7.57. The first-order valence-corrected chi connectivity index (χ1v) is 9.29. The molecule has 1 aliphatic rings. The van der Waals surface area contributed by atoms with Crippen molar-refractivity contribution in [3.8, 4) is 11.3 Å². The van der Waals surface area contributed by atoms with E-state index in [0.717, 1.165) is 35.2 Å². The number of aromatic amines is 1. The number of hydrogen-bond acceptors (Lipinski definition) is 2. The normalized spacial score (nSPS) is 13.9. The molecule has 2 aromatic carbocycles. The average molecular weight is 339 g/mol. The Hall–Kier alpha value is -2.94. The highest BCUT2D eigenvalue weighted by atomic mass is 14.7. The van der Waals surface area contributed by atoms with E-state index in [-0.39, 0.29) is 0 Å². The molecule has 3 heteroatoms. The maximum absolute atomic E-state index is 7.57. The summed E-state index contributed by atoms with van der Waals surface area (Å²) in [4.78, 5) is 8.57. The third kappa shape index (κ3) is 2.27. The summed E-state index contributed by atoms with van der Waals surface area (Å²) in [5.74, 6) is 0. The first-order chi connectivity index (χ1) is 12.7. The third-order valence-corrected chi connectivity index (χ3v) is 5.53. The average Bonchev–Trinajstić information content (AvgIpc) is 3.07. The quantitative estimate of drug-likeness (QED) is 0.461. The fourth-order valence-corrected chi connectivity index (χ4v) is 4.39. The molecule has 0 fully saturated rings. The Bertz CT molecular complexity index is 1170. The van der Waals surface area contributed by atoms with Crippen LogP contribution in [0, 0.1) is 12.3 Å². The van der Waals surface area contributed by atoms with E-state index in [1.807, 2.05) is 12.1 Å². The standard InChI is InChI=1S/C23H21N3/c1-14-11-19-20(25-14)9-10-21-22(19)17-7-2-3-8-18(17)23(26-21)16-6-4-5-15(12-16)13-24/h4-6,9-13,24-25H,2-3,7-8H2,1H3. The van der Waals surface area contributed by atoms with Gasteiger partial charge in [-0.2, -0.15) is 0 Å². The van der Waals surface area contributed by atoms with Crippen molar-refractivity contribution in [1.82, 2.24) is 9.97 Å². The highest BCUT2D eigenvalue weighted by Crippen LogP contribution is 2.38. The fraction of sp³-hybridized carbons (Fsp3) is 0.217. The lowest BCUT2D eigenvalue weighted by Crippen LogP contribution is -2.08. The molecule has 1 aliphatic carbocycles. The lowest BCUT2D eigenvalue weighted by molar-refractivity contribution is 0.689. The summed E-state index contributed by atoms with van der Waals surface area (Å²) in [6, 6.07) is 14.7. The van der Waals surface area contributed by atoms with Gasteiger partial charge in [-0.3, -0.25) is 0 Å². The van der Waals surface area contributed by atoms with Crippen molar-refractivity contribution in [1.29, 1.82) is 5.41 Å². The predicted molar refractivity (Wildman–Crippen MR) is 108 cm³/mol. The van der Waals surface area contributed by atoms with Gasteiger partial charge in [0.05, 0.1) is 11.2 Å². The molecule has 2 heterocycles. The second-order valence-electron chi connectivity index (χ2n) is 7.27. The molecule has 26 heavy (non-hydrogen) atoms. The van der Waals surface area contributed by atoms with E-state index in [4.69, 9.17) is 10.4 Å². The van der Waals surface area contributed by atoms with Crippen molar-refractivity contribution in [2.45, 2.75) is 32.6 Å². The van der Waals surface area contributed by atoms with Gasteiger partial charge in [0, 0.05) is 33.8 Å². The Labute approximate surface area is 152 Å². The number of rotatable bonds is 2. The number of aromatic nitrogens is 2. The van der Waals surface area contributed by atoms with Crippen molar-refractivity contribution in [2.24, 2.45) is 0 Å². The molecule has 2 N–H and O–H groups in total. The molecule has 0 unspecified atom stereocenters. The molecular weight excluding hydrogens is 318 g/mol. The molecule has 0 saturated carbocycles. The number of aryl methyl sites for hydroxylation is 2. The molecule has 2 aromatic heterocycles. The number of nitrogens with one attached hydrogen (secondary N) is 2. The number of hydrogen-bond donors (Lipinski definition) is 2. The van der Waals surface area contributed by atoms with Crippen LogP contribution in [-0.4, -0.2) is 16.2 Å². The summed E-state index contributed by atoms with van der Waals surface area (Å²) in [5, 5.41) is 10.2. The van der Waals surface area contributed by atoms with Gasteiger partial charge in [-0.25, -0.2) is 4.98 Å². The van der Waals surface area contributed by atoms with E-state index >= 15 is 0 Å². The first-order valence-electron chi connectivity index (χ1n) is 9.29. The van der Waals surface area contributed by atoms with Crippen LogP contribution in [0.2, 0.25) is 0 Å². The topological polar surface area (TPSA) is 52.5 Å². The van der Waals surface area contributed by atoms with E-state index in [1.165, 1.54) is 52.2 Å². The Morgan fingerprint density at radius 3 is 2.73 bits per heavy atom. The third-order valence-electron chi connectivity index (χ3n) is 5.53. The molecule has 0 amide bonds. The van der Waals surface area contributed by atoms with Gasteiger partial charge in [0.1, 0.15) is 0 Å². The Balaban J connectivity index is 1.88. The first kappa shape index (κ1) is 15.3. The molecular formula is C23H21N3. The van der Waals surface area contributed by atoms with Crippen LogP contribution in [0.25, 0.3) is 33.1 Å². The van der Waals surface area contributed by atoms with Crippen LogP contribution in [0.1, 0.15) is 35.2 Å². The number of pyridine rings is 1. The van der Waals surface area contributed by atoms with Crippen molar-refractivity contribution in [2.75, 3.05) is 0 Å². The summed E-state index contributed by atoms with van der Waals surface area (Å²) >= 11 is 0. The van der Waals surface area contributed by atoms with Crippen LogP contribution in [-0.2, 0) is 12.8 Å². The summed E-state index contributed by atoms with van der Waals surface area (Å²) in [6.45, 7) is 2.11. The van der Waals surface area contributed by atoms with Crippen LogP contribution in [0.4, 0.5) is 0 Å². The van der Waals surface area contributed by atoms with Gasteiger partial charge in [-0.1, -0.05) is 18.2 Å². The summed E-state index contributed by atoms with van der Waals surface area (Å²) in [7, 11) is 0. The molecule has 4 aromatic rings. The molecule has 5 rings (SSSR count). The fourth-order valence-electron chi connectivity index (χ4n) is 4.39. The lowest BCUT2D eigenvalue weighted by atomic mass is 9.85. The minimum atomic E-state index is 0.922. The molecule has 0 saturated heterocycles. The second kappa shape index (κ2) is 5.80. The monoisotopic (exact) mass is 339 g/mol. The van der Waals surface area contributed by atoms with E-state index in [1.54, 1.807) is 0 Å². The zero-order valence-corrected chi connectivity index (χ0v) is 14.9. The Morgan fingerprint density at radius 1 is 1.04 bits per heavy atom. The largest absolute Gasteiger partial charge is 0.359 e. The second-order valence-corrected chi connectivity index (χ2v) is 7.27. The number of benzene rings is 2. The summed E-state index contributed by atoms with van der Waals surface area (Å²) < 4.78 is 0. The summed E-state index contributed by atoms with van der Waals surface area (Å²) in [5.41, 5.74) is 9.48. The zero-order chi connectivity index (χ0) is 17.7. The Morgan fingerprint density at radius 2 is 1.88 bits per heavy atom. The number of fused-ring (bicyclic) bond motifs is 5. The minimum absolute atomic E-state index is 0.922. The summed E-state index contributed by atoms with van der Waals surface area (Å²) in [6.07, 6.45) is 6.08. The Kier molecular flexibility index (Phi) is 3.42. The van der Waals surface area contributed by atoms with Crippen LogP contribution in [0.15, 0.2) is 42.5 Å². The zero-order valence-electron chi connectivity index (χ0n) is 14.9. The van der Waals surface area contributed by atoms with Crippen LogP contribution in [0.3, 0.4) is 0 Å². The van der Waals surface area contributed by atoms with Crippen LogP contribution >= 0.6 is 0 Å². The highest BCUT2D eigenvalue weighted by Gasteiger charge is 2.21. The molecule has 128 valence electrons. The van der Waals surface area contributed by atoms with Gasteiger partial charge in [0.25, 0.3) is 0 Å². The van der Waals surface area contributed by atoms with Gasteiger partial charge in [-0.05, 0) is 73.6 Å². The molecule has 3 nitrogen and oxygen atoms in total. The highest BCUT2D eigenvalue weighted by molar-refractivity contribution is 6.08. The number of H-pyrrole nitrogens is 1. The van der Waals surface area contributed by atoms with E-state index in [2.05, 4.69) is 42.2 Å². The molecule has 0 bridgehead atoms. The SMILES string of the molecule is Cc1cc2c(ccc3nc(-c4cccc(C=N)c4)c4c(c32)CCCC4)[nH]1. The van der Waals surface area contributed by atoms with Crippen LogP contribution in [0.5, 0.6) is 0 Å². The molecule has 0 aliphatic heterocycles. The minimum Gasteiger partial charge on any atom is -0.359 e. The smallest absolute Gasteiger partial charge is 0.0744 e. The molecule has 0 atom stereocenters. The lowest BCUT2D eigenvalue weighted by Gasteiger charge is -2.22. The van der Waals surface area contributed by atoms with Gasteiger partial charge in [-0.15, -0.1) is 0 Å². The van der Waals surface area contributed by atoms with Crippen molar-refractivity contribution >= 4 is 28.0 Å². The van der Waals surface area contributed by atoms with E-state index < -0.39 is 0 Å².